The quantitative estimate of drug-likeness (QED) is 0.555. The van der Waals surface area contributed by atoms with Gasteiger partial charge in [0, 0.05) is 25.2 Å². The van der Waals surface area contributed by atoms with Crippen LogP contribution in [0.1, 0.15) is 54.2 Å². The van der Waals surface area contributed by atoms with Crippen molar-refractivity contribution < 1.29 is 24.2 Å². The van der Waals surface area contributed by atoms with Crippen molar-refractivity contribution in [2.75, 3.05) is 20.2 Å². The van der Waals surface area contributed by atoms with E-state index in [1.165, 1.54) is 11.8 Å². The Morgan fingerprint density at radius 2 is 2.09 bits per heavy atom. The molecular formula is C24H29N5O5. The minimum atomic E-state index is -1.87. The van der Waals surface area contributed by atoms with Gasteiger partial charge in [-0.1, -0.05) is 11.8 Å². The number of primary amides is 1. The normalized spacial score (nSPS) is 13.9. The highest BCUT2D eigenvalue weighted by atomic mass is 16.5. The molecule has 4 N–H and O–H groups in total. The predicted molar refractivity (Wildman–Crippen MR) is 125 cm³/mol. The molecule has 180 valence electrons. The third-order valence-electron chi connectivity index (χ3n) is 5.32. The fourth-order valence-corrected chi connectivity index (χ4v) is 3.53. The molecule has 3 rings (SSSR count). The molecule has 1 aliphatic rings. The summed E-state index contributed by atoms with van der Waals surface area (Å²) >= 11 is 0. The van der Waals surface area contributed by atoms with E-state index in [-0.39, 0.29) is 30.6 Å². The van der Waals surface area contributed by atoms with Crippen LogP contribution in [0.3, 0.4) is 0 Å². The lowest BCUT2D eigenvalue weighted by Gasteiger charge is -2.22. The van der Waals surface area contributed by atoms with Crippen molar-refractivity contribution in [1.29, 1.82) is 0 Å². The first kappa shape index (κ1) is 24.8. The number of ether oxygens (including phenoxy) is 1. The first-order valence-corrected chi connectivity index (χ1v) is 11.0. The van der Waals surface area contributed by atoms with Gasteiger partial charge in [0.25, 0.3) is 17.7 Å². The molecule has 2 aromatic rings. The van der Waals surface area contributed by atoms with Gasteiger partial charge in [0.1, 0.15) is 23.9 Å². The Bertz CT molecular complexity index is 1200. The number of carbonyl (C=O) groups is 3. The molecule has 1 aromatic carbocycles. The van der Waals surface area contributed by atoms with Crippen LogP contribution in [-0.2, 0) is 11.3 Å². The molecule has 0 fully saturated rings. The molecule has 10 nitrogen and oxygen atoms in total. The van der Waals surface area contributed by atoms with Crippen LogP contribution in [0.5, 0.6) is 5.75 Å². The van der Waals surface area contributed by atoms with Crippen LogP contribution in [0.25, 0.3) is 11.4 Å². The Hall–Kier alpha value is -3.84. The van der Waals surface area contributed by atoms with E-state index in [4.69, 9.17) is 10.5 Å². The number of likely N-dealkylation sites (N-methyl/N-ethyl adjacent to an activating group) is 1. The minimum absolute atomic E-state index is 0.0697. The van der Waals surface area contributed by atoms with Gasteiger partial charge in [-0.2, -0.15) is 0 Å². The molecule has 3 amide bonds. The fourth-order valence-electron chi connectivity index (χ4n) is 3.53. The van der Waals surface area contributed by atoms with Crippen LogP contribution in [0.4, 0.5) is 0 Å². The Kier molecular flexibility index (Phi) is 6.98. The first-order valence-electron chi connectivity index (χ1n) is 11.0. The van der Waals surface area contributed by atoms with Crippen LogP contribution in [0.2, 0.25) is 0 Å². The number of aliphatic hydroxyl groups is 1. The summed E-state index contributed by atoms with van der Waals surface area (Å²) < 4.78 is 7.43. The lowest BCUT2D eigenvalue weighted by Crippen LogP contribution is -2.44. The van der Waals surface area contributed by atoms with Crippen LogP contribution >= 0.6 is 0 Å². The van der Waals surface area contributed by atoms with E-state index in [1.54, 1.807) is 36.7 Å². The third kappa shape index (κ3) is 4.89. The maximum Gasteiger partial charge on any atom is 0.270 e. The van der Waals surface area contributed by atoms with Crippen molar-refractivity contribution in [2.24, 2.45) is 5.73 Å². The number of rotatable bonds is 5. The maximum absolute atomic E-state index is 12.9. The van der Waals surface area contributed by atoms with Gasteiger partial charge in [-0.05, 0) is 45.9 Å². The van der Waals surface area contributed by atoms with Crippen LogP contribution in [0.15, 0.2) is 18.2 Å². The molecular weight excluding hydrogens is 438 g/mol. The van der Waals surface area contributed by atoms with Crippen LogP contribution in [0, 0.1) is 11.8 Å². The summed E-state index contributed by atoms with van der Waals surface area (Å²) in [4.78, 5) is 43.1. The van der Waals surface area contributed by atoms with E-state index in [0.29, 0.717) is 29.2 Å². The molecule has 0 saturated carbocycles. The second-order valence-corrected chi connectivity index (χ2v) is 8.48. The Morgan fingerprint density at radius 1 is 1.38 bits per heavy atom. The zero-order valence-electron chi connectivity index (χ0n) is 19.9. The summed E-state index contributed by atoms with van der Waals surface area (Å²) in [5.41, 5.74) is 4.60. The largest absolute Gasteiger partial charge is 0.491 e. The topological polar surface area (TPSA) is 140 Å². The van der Waals surface area contributed by atoms with Crippen molar-refractivity contribution in [3.8, 4) is 29.0 Å². The highest BCUT2D eigenvalue weighted by molar-refractivity contribution is 6.05. The number of nitrogens with zero attached hydrogens (tertiary/aromatic N) is 3. The molecule has 0 saturated heterocycles. The number of hydrogen-bond donors (Lipinski definition) is 3. The van der Waals surface area contributed by atoms with Crippen LogP contribution in [-0.4, -0.2) is 69.1 Å². The minimum Gasteiger partial charge on any atom is -0.491 e. The number of aromatic nitrogens is 2. The number of amides is 3. The zero-order chi connectivity index (χ0) is 25.2. The number of nitrogens with two attached hydrogens (primary N) is 1. The van der Waals surface area contributed by atoms with Gasteiger partial charge < -0.3 is 30.4 Å². The summed E-state index contributed by atoms with van der Waals surface area (Å²) in [5, 5.41) is 13.3. The molecule has 1 aliphatic heterocycles. The first-order chi connectivity index (χ1) is 16.0. The van der Waals surface area contributed by atoms with E-state index in [2.05, 4.69) is 22.1 Å². The molecule has 34 heavy (non-hydrogen) atoms. The van der Waals surface area contributed by atoms with E-state index in [0.717, 1.165) is 0 Å². The zero-order valence-corrected chi connectivity index (χ0v) is 19.9. The number of fused-ring (bicyclic) bond motifs is 3. The van der Waals surface area contributed by atoms with Gasteiger partial charge in [-0.15, -0.1) is 0 Å². The third-order valence-corrected chi connectivity index (χ3v) is 5.32. The van der Waals surface area contributed by atoms with E-state index in [1.807, 2.05) is 13.8 Å². The molecule has 0 spiro atoms. The maximum atomic E-state index is 12.9. The number of nitrogens with one attached hydrogen (secondary N) is 1. The fraction of sp³-hybridized carbons (Fsp3) is 0.417. The average Bonchev–Trinajstić information content (AvgIpc) is 3.07. The van der Waals surface area contributed by atoms with Gasteiger partial charge in [0.2, 0.25) is 5.60 Å². The van der Waals surface area contributed by atoms with Gasteiger partial charge in [0.05, 0.1) is 12.1 Å². The smallest absolute Gasteiger partial charge is 0.270 e. The number of hydrogen-bond acceptors (Lipinski definition) is 6. The Morgan fingerprint density at radius 3 is 2.71 bits per heavy atom. The number of imidazole rings is 1. The molecule has 0 radical (unpaired) electrons. The summed E-state index contributed by atoms with van der Waals surface area (Å²) in [7, 11) is 1.58. The van der Waals surface area contributed by atoms with Crippen molar-refractivity contribution >= 4 is 17.7 Å². The number of benzene rings is 1. The highest BCUT2D eigenvalue weighted by Crippen LogP contribution is 2.34. The molecule has 1 unspecified atom stereocenters. The lowest BCUT2D eigenvalue weighted by molar-refractivity contribution is -0.142. The molecule has 0 bridgehead atoms. The summed E-state index contributed by atoms with van der Waals surface area (Å²) in [6.45, 7) is 7.71. The number of carbonyl (C=O) groups excluding carboxylic acids is 3. The lowest BCUT2D eigenvalue weighted by atomic mass is 10.0. The standard InChI is InChI=1S/C24H29N5O5/c1-6-28(5)23(32)24(4,33)10-9-15-7-8-17-16(13-15)21-27-18(20(25)30)19(22(31)26-14(2)3)29(21)11-12-34-17/h7-8,13-14,33H,6,11-12H2,1-5H3,(H2,25,30)(H,26,31). The second kappa shape index (κ2) is 9.57. The van der Waals surface area contributed by atoms with Gasteiger partial charge in [-0.25, -0.2) is 4.98 Å². The summed E-state index contributed by atoms with van der Waals surface area (Å²) in [5.74, 6) is 4.49. The van der Waals surface area contributed by atoms with E-state index in [9.17, 15) is 19.5 Å². The molecule has 0 aliphatic carbocycles. The SMILES string of the molecule is CCN(C)C(=O)C(C)(O)C#Cc1ccc2c(c1)-c1nc(C(N)=O)c(C(=O)NC(C)C)n1CCO2. The Labute approximate surface area is 198 Å². The van der Waals surface area contributed by atoms with E-state index < -0.39 is 23.3 Å². The van der Waals surface area contributed by atoms with Gasteiger partial charge in [-0.3, -0.25) is 14.4 Å². The molecule has 10 heteroatoms. The second-order valence-electron chi connectivity index (χ2n) is 8.48. The molecule has 1 atom stereocenters. The Balaban J connectivity index is 2.10. The van der Waals surface area contributed by atoms with Gasteiger partial charge in [0.15, 0.2) is 5.69 Å². The molecule has 2 heterocycles. The van der Waals surface area contributed by atoms with Crippen molar-refractivity contribution in [2.45, 2.75) is 45.9 Å². The highest BCUT2D eigenvalue weighted by Gasteiger charge is 2.31. The van der Waals surface area contributed by atoms with Crippen LogP contribution < -0.4 is 15.8 Å². The monoisotopic (exact) mass is 467 g/mol. The predicted octanol–water partition coefficient (Wildman–Crippen LogP) is 0.760. The average molecular weight is 468 g/mol. The summed E-state index contributed by atoms with van der Waals surface area (Å²) in [6.07, 6.45) is 0. The van der Waals surface area contributed by atoms with Crippen molar-refractivity contribution in [1.82, 2.24) is 19.8 Å². The van der Waals surface area contributed by atoms with Crippen molar-refractivity contribution in [3.63, 3.8) is 0 Å². The van der Waals surface area contributed by atoms with E-state index >= 15 is 0 Å². The summed E-state index contributed by atoms with van der Waals surface area (Å²) in [6, 6.07) is 4.90. The van der Waals surface area contributed by atoms with Crippen molar-refractivity contribution in [3.05, 3.63) is 35.2 Å². The molecule has 1 aromatic heterocycles. The van der Waals surface area contributed by atoms with Gasteiger partial charge >= 0.3 is 0 Å².